The molecule has 0 amide bonds. The van der Waals surface area contributed by atoms with Crippen LogP contribution in [0.2, 0.25) is 0 Å². The molecule has 1 aliphatic rings. The van der Waals surface area contributed by atoms with Crippen molar-refractivity contribution in [3.05, 3.63) is 39.9 Å². The van der Waals surface area contributed by atoms with Crippen LogP contribution in [-0.2, 0) is 6.54 Å². The van der Waals surface area contributed by atoms with Crippen molar-refractivity contribution in [1.29, 1.82) is 0 Å². The van der Waals surface area contributed by atoms with Crippen LogP contribution in [0.4, 0.5) is 10.1 Å². The van der Waals surface area contributed by atoms with Crippen LogP contribution in [0.5, 0.6) is 0 Å². The van der Waals surface area contributed by atoms with Crippen LogP contribution < -0.4 is 10.3 Å². The molecule has 0 unspecified atom stereocenters. The molecule has 0 bridgehead atoms. The Morgan fingerprint density at radius 3 is 2.54 bits per heavy atom. The van der Waals surface area contributed by atoms with Gasteiger partial charge in [-0.3, -0.25) is 4.79 Å². The predicted molar refractivity (Wildman–Crippen MR) is 99.7 cm³/mol. The summed E-state index contributed by atoms with van der Waals surface area (Å²) in [5.41, 5.74) is 0.103. The number of anilines is 1. The lowest BCUT2D eigenvalue weighted by molar-refractivity contribution is 0.0695. The third-order valence-electron chi connectivity index (χ3n) is 4.98. The molecule has 0 spiro atoms. The molecule has 140 valence electrons. The van der Waals surface area contributed by atoms with Crippen molar-refractivity contribution < 1.29 is 14.3 Å². The second kappa shape index (κ2) is 7.45. The van der Waals surface area contributed by atoms with Gasteiger partial charge in [-0.05, 0) is 25.6 Å². The number of carboxylic acids is 1. The first kappa shape index (κ1) is 18.4. The van der Waals surface area contributed by atoms with Gasteiger partial charge in [-0.2, -0.15) is 0 Å². The molecule has 1 fully saturated rings. The van der Waals surface area contributed by atoms with Gasteiger partial charge in [-0.15, -0.1) is 0 Å². The van der Waals surface area contributed by atoms with Crippen molar-refractivity contribution in [3.8, 4) is 0 Å². The second-order valence-corrected chi connectivity index (χ2v) is 6.84. The van der Waals surface area contributed by atoms with E-state index in [2.05, 4.69) is 4.90 Å². The summed E-state index contributed by atoms with van der Waals surface area (Å²) in [6.45, 7) is 5.74. The minimum atomic E-state index is -1.29. The monoisotopic (exact) mass is 361 g/mol. The van der Waals surface area contributed by atoms with Gasteiger partial charge in [0.1, 0.15) is 11.4 Å². The third-order valence-corrected chi connectivity index (χ3v) is 4.98. The summed E-state index contributed by atoms with van der Waals surface area (Å²) in [5.74, 6) is -1.77. The summed E-state index contributed by atoms with van der Waals surface area (Å²) in [6, 6.07) is 2.89. The Kier molecular flexibility index (Phi) is 5.27. The highest BCUT2D eigenvalue weighted by atomic mass is 19.1. The average Bonchev–Trinajstić information content (AvgIpc) is 2.61. The molecule has 1 N–H and O–H groups in total. The summed E-state index contributed by atoms with van der Waals surface area (Å²) in [6.07, 6.45) is 3.16. The molecule has 0 atom stereocenters. The van der Waals surface area contributed by atoms with Gasteiger partial charge < -0.3 is 19.5 Å². The molecule has 3 rings (SSSR count). The molecule has 6 nitrogen and oxygen atoms in total. The molecule has 7 heteroatoms. The fourth-order valence-electron chi connectivity index (χ4n) is 3.35. The quantitative estimate of drug-likeness (QED) is 0.886. The van der Waals surface area contributed by atoms with Crippen molar-refractivity contribution in [1.82, 2.24) is 9.47 Å². The van der Waals surface area contributed by atoms with Crippen LogP contribution >= 0.6 is 0 Å². The van der Waals surface area contributed by atoms with Gasteiger partial charge in [0.2, 0.25) is 5.43 Å². The topological polar surface area (TPSA) is 65.8 Å². The number of nitrogens with zero attached hydrogens (tertiary/aromatic N) is 3. The molecule has 1 aromatic carbocycles. The first-order chi connectivity index (χ1) is 12.4. The number of hydrogen-bond acceptors (Lipinski definition) is 4. The minimum absolute atomic E-state index is 0.122. The summed E-state index contributed by atoms with van der Waals surface area (Å²) in [4.78, 5) is 28.1. The maximum absolute atomic E-state index is 14.7. The minimum Gasteiger partial charge on any atom is -0.477 e. The van der Waals surface area contributed by atoms with E-state index in [0.29, 0.717) is 30.8 Å². The number of pyridine rings is 1. The van der Waals surface area contributed by atoms with E-state index in [1.54, 1.807) is 10.6 Å². The Morgan fingerprint density at radius 1 is 1.23 bits per heavy atom. The summed E-state index contributed by atoms with van der Waals surface area (Å²) < 4.78 is 16.5. The van der Waals surface area contributed by atoms with Crippen LogP contribution in [0.25, 0.3) is 10.9 Å². The van der Waals surface area contributed by atoms with Crippen LogP contribution in [0.3, 0.4) is 0 Å². The molecule has 1 aromatic heterocycles. The van der Waals surface area contributed by atoms with E-state index >= 15 is 0 Å². The lowest BCUT2D eigenvalue weighted by Gasteiger charge is -2.34. The Morgan fingerprint density at radius 2 is 1.92 bits per heavy atom. The molecule has 2 aromatic rings. The Labute approximate surface area is 151 Å². The zero-order chi connectivity index (χ0) is 18.8. The highest BCUT2D eigenvalue weighted by Crippen LogP contribution is 2.26. The number of carboxylic acid groups (broad SMARTS) is 1. The highest BCUT2D eigenvalue weighted by Gasteiger charge is 2.21. The lowest BCUT2D eigenvalue weighted by atomic mass is 10.1. The van der Waals surface area contributed by atoms with Crippen molar-refractivity contribution in [2.45, 2.75) is 26.3 Å². The van der Waals surface area contributed by atoms with Crippen molar-refractivity contribution in [2.75, 3.05) is 38.1 Å². The van der Waals surface area contributed by atoms with Crippen molar-refractivity contribution >= 4 is 22.6 Å². The fraction of sp³-hybridized carbons (Fsp3) is 0.474. The molecule has 0 saturated carbocycles. The van der Waals surface area contributed by atoms with Gasteiger partial charge in [0.05, 0.1) is 11.2 Å². The van der Waals surface area contributed by atoms with Crippen LogP contribution in [0.1, 0.15) is 30.1 Å². The van der Waals surface area contributed by atoms with E-state index in [4.69, 9.17) is 0 Å². The average molecular weight is 361 g/mol. The number of aromatic carboxylic acids is 1. The van der Waals surface area contributed by atoms with Gasteiger partial charge in [0, 0.05) is 44.3 Å². The molecule has 0 radical (unpaired) electrons. The van der Waals surface area contributed by atoms with E-state index in [-0.39, 0.29) is 10.9 Å². The van der Waals surface area contributed by atoms with Crippen LogP contribution in [-0.4, -0.2) is 53.8 Å². The van der Waals surface area contributed by atoms with E-state index in [1.807, 2.05) is 18.9 Å². The van der Waals surface area contributed by atoms with Gasteiger partial charge in [0.25, 0.3) is 0 Å². The Hall–Kier alpha value is -2.41. The second-order valence-electron chi connectivity index (χ2n) is 6.84. The molecule has 2 heterocycles. The van der Waals surface area contributed by atoms with E-state index < -0.39 is 17.2 Å². The number of unbranched alkanes of at least 4 members (excludes halogenated alkanes) is 1. The number of carbonyl (C=O) groups is 1. The smallest absolute Gasteiger partial charge is 0.341 e. The Bertz CT molecular complexity index is 886. The maximum Gasteiger partial charge on any atom is 0.341 e. The lowest BCUT2D eigenvalue weighted by Crippen LogP contribution is -2.44. The summed E-state index contributed by atoms with van der Waals surface area (Å²) >= 11 is 0. The number of fused-ring (bicyclic) bond motifs is 1. The van der Waals surface area contributed by atoms with Crippen molar-refractivity contribution in [2.24, 2.45) is 0 Å². The normalized spacial score (nSPS) is 15.6. The summed E-state index contributed by atoms with van der Waals surface area (Å²) in [7, 11) is 2.03. The largest absolute Gasteiger partial charge is 0.477 e. The first-order valence-electron chi connectivity index (χ1n) is 8.96. The fourth-order valence-corrected chi connectivity index (χ4v) is 3.35. The molecule has 26 heavy (non-hydrogen) atoms. The van der Waals surface area contributed by atoms with Crippen LogP contribution in [0.15, 0.2) is 23.1 Å². The van der Waals surface area contributed by atoms with E-state index in [1.165, 1.54) is 12.3 Å². The van der Waals surface area contributed by atoms with Gasteiger partial charge in [0.15, 0.2) is 0 Å². The summed E-state index contributed by atoms with van der Waals surface area (Å²) in [5, 5.41) is 9.43. The maximum atomic E-state index is 14.7. The Balaban J connectivity index is 2.16. The number of likely N-dealkylation sites (N-methyl/N-ethyl adjacent to an activating group) is 1. The number of rotatable bonds is 5. The van der Waals surface area contributed by atoms with Crippen LogP contribution in [0, 0.1) is 5.82 Å². The number of aromatic nitrogens is 1. The number of benzene rings is 1. The number of piperazine rings is 1. The standard InChI is InChI=1S/C19H24FN3O3/c1-3-4-5-23-12-14(19(25)26)18(24)13-10-15(20)17(11-16(13)23)22-8-6-21(2)7-9-22/h10-12H,3-9H2,1-2H3,(H,25,26). The van der Waals surface area contributed by atoms with Gasteiger partial charge in [-0.1, -0.05) is 13.3 Å². The molecular formula is C19H24FN3O3. The SMILES string of the molecule is CCCCn1cc(C(=O)O)c(=O)c2cc(F)c(N3CCN(C)CC3)cc21. The molecule has 0 aliphatic carbocycles. The van der Waals surface area contributed by atoms with Crippen molar-refractivity contribution in [3.63, 3.8) is 0 Å². The predicted octanol–water partition coefficient (Wildman–Crippen LogP) is 2.39. The number of aryl methyl sites for hydroxylation is 1. The zero-order valence-electron chi connectivity index (χ0n) is 15.2. The molecule has 1 saturated heterocycles. The molecular weight excluding hydrogens is 337 g/mol. The van der Waals surface area contributed by atoms with Gasteiger partial charge >= 0.3 is 5.97 Å². The third kappa shape index (κ3) is 3.44. The first-order valence-corrected chi connectivity index (χ1v) is 8.96. The number of halogens is 1. The highest BCUT2D eigenvalue weighted by molar-refractivity contribution is 5.93. The number of hydrogen-bond donors (Lipinski definition) is 1. The van der Waals surface area contributed by atoms with E-state index in [9.17, 15) is 19.1 Å². The van der Waals surface area contributed by atoms with Gasteiger partial charge in [-0.25, -0.2) is 9.18 Å². The van der Waals surface area contributed by atoms with E-state index in [0.717, 1.165) is 25.9 Å². The zero-order valence-corrected chi connectivity index (χ0v) is 15.2. The molecule has 1 aliphatic heterocycles.